The third-order valence-corrected chi connectivity index (χ3v) is 4.68. The molecule has 0 aliphatic carbocycles. The van der Waals surface area contributed by atoms with Crippen LogP contribution < -0.4 is 9.47 Å². The van der Waals surface area contributed by atoms with Gasteiger partial charge in [0.15, 0.2) is 6.61 Å². The number of rotatable bonds is 13. The molecule has 0 aliphatic rings. The molecule has 0 saturated carbocycles. The molecule has 0 amide bonds. The van der Waals surface area contributed by atoms with Crippen molar-refractivity contribution in [1.82, 2.24) is 4.57 Å². The molecule has 0 saturated heterocycles. The normalized spacial score (nSPS) is 10.7. The first-order chi connectivity index (χ1) is 14.5. The molecule has 30 heavy (non-hydrogen) atoms. The summed E-state index contributed by atoms with van der Waals surface area (Å²) in [6, 6.07) is 9.01. The van der Waals surface area contributed by atoms with Gasteiger partial charge < -0.3 is 23.5 Å². The van der Waals surface area contributed by atoms with E-state index in [1.54, 1.807) is 19.2 Å². The van der Waals surface area contributed by atoms with Crippen LogP contribution >= 0.6 is 0 Å². The Morgan fingerprint density at radius 3 is 2.30 bits per heavy atom. The number of esters is 1. The van der Waals surface area contributed by atoms with Crippen molar-refractivity contribution >= 4 is 11.8 Å². The van der Waals surface area contributed by atoms with Gasteiger partial charge in [0.25, 0.3) is 0 Å². The van der Waals surface area contributed by atoms with Crippen molar-refractivity contribution in [3.8, 4) is 11.5 Å². The second-order valence-corrected chi connectivity index (χ2v) is 6.87. The van der Waals surface area contributed by atoms with E-state index in [4.69, 9.17) is 18.9 Å². The topological polar surface area (TPSA) is 76.0 Å². The molecule has 1 aromatic carbocycles. The standard InChI is InChI=1S/C23H31NO6/c1-5-28-19-7-9-20(10-8-19)29-14-11-23(26)30-16-22(25)21-15-17(2)24(18(21)3)12-6-13-27-4/h7-10,15H,5-6,11-14,16H2,1-4H3. The molecule has 0 spiro atoms. The molecule has 0 aliphatic heterocycles. The first-order valence-corrected chi connectivity index (χ1v) is 10.2. The molecule has 0 bridgehead atoms. The van der Waals surface area contributed by atoms with E-state index in [0.29, 0.717) is 24.5 Å². The Balaban J connectivity index is 1.76. The number of ether oxygens (including phenoxy) is 4. The summed E-state index contributed by atoms with van der Waals surface area (Å²) in [4.78, 5) is 24.4. The number of methoxy groups -OCH3 is 1. The summed E-state index contributed by atoms with van der Waals surface area (Å²) in [6.45, 7) is 7.72. The van der Waals surface area contributed by atoms with Gasteiger partial charge in [-0.2, -0.15) is 0 Å². The van der Waals surface area contributed by atoms with Crippen LogP contribution in [0.4, 0.5) is 0 Å². The van der Waals surface area contributed by atoms with E-state index >= 15 is 0 Å². The van der Waals surface area contributed by atoms with Crippen LogP contribution in [0.15, 0.2) is 30.3 Å². The van der Waals surface area contributed by atoms with Gasteiger partial charge in [0, 0.05) is 37.2 Å². The molecule has 0 N–H and O–H groups in total. The average Bonchev–Trinajstić information content (AvgIpc) is 3.02. The van der Waals surface area contributed by atoms with E-state index in [1.807, 2.05) is 39.0 Å². The first-order valence-electron chi connectivity index (χ1n) is 10.2. The number of nitrogens with zero attached hydrogens (tertiary/aromatic N) is 1. The van der Waals surface area contributed by atoms with Crippen LogP contribution in [0.25, 0.3) is 0 Å². The molecule has 0 atom stereocenters. The number of ketones is 1. The van der Waals surface area contributed by atoms with Gasteiger partial charge in [-0.1, -0.05) is 0 Å². The molecule has 7 nitrogen and oxygen atoms in total. The summed E-state index contributed by atoms with van der Waals surface area (Å²) in [5.41, 5.74) is 2.47. The molecule has 1 aromatic heterocycles. The summed E-state index contributed by atoms with van der Waals surface area (Å²) in [7, 11) is 1.67. The maximum Gasteiger partial charge on any atom is 0.309 e. The van der Waals surface area contributed by atoms with Crippen LogP contribution in [0.2, 0.25) is 0 Å². The minimum atomic E-state index is -0.469. The third kappa shape index (κ3) is 6.91. The van der Waals surface area contributed by atoms with Crippen LogP contribution in [-0.2, 0) is 20.8 Å². The van der Waals surface area contributed by atoms with Crippen LogP contribution in [0.1, 0.15) is 41.5 Å². The number of benzene rings is 1. The van der Waals surface area contributed by atoms with Gasteiger partial charge in [-0.15, -0.1) is 0 Å². The zero-order chi connectivity index (χ0) is 21.9. The van der Waals surface area contributed by atoms with Crippen molar-refractivity contribution < 1.29 is 28.5 Å². The smallest absolute Gasteiger partial charge is 0.309 e. The highest BCUT2D eigenvalue weighted by atomic mass is 16.5. The molecule has 2 rings (SSSR count). The maximum atomic E-state index is 12.5. The van der Waals surface area contributed by atoms with Crippen molar-refractivity contribution in [3.63, 3.8) is 0 Å². The van der Waals surface area contributed by atoms with Crippen molar-refractivity contribution in [2.75, 3.05) is 33.5 Å². The summed E-state index contributed by atoms with van der Waals surface area (Å²) in [5, 5.41) is 0. The fraction of sp³-hybridized carbons (Fsp3) is 0.478. The molecular weight excluding hydrogens is 386 g/mol. The lowest BCUT2D eigenvalue weighted by atomic mass is 10.1. The molecule has 2 aromatic rings. The highest BCUT2D eigenvalue weighted by molar-refractivity contribution is 5.99. The Bertz CT molecular complexity index is 825. The number of Topliss-reactive ketones (excluding diaryl/α,β-unsaturated/α-hetero) is 1. The second kappa shape index (κ2) is 12.0. The lowest BCUT2D eigenvalue weighted by molar-refractivity contribution is -0.143. The van der Waals surface area contributed by atoms with Gasteiger partial charge in [-0.3, -0.25) is 9.59 Å². The van der Waals surface area contributed by atoms with E-state index in [-0.39, 0.29) is 25.4 Å². The van der Waals surface area contributed by atoms with Crippen molar-refractivity contribution in [2.24, 2.45) is 0 Å². The third-order valence-electron chi connectivity index (χ3n) is 4.68. The summed E-state index contributed by atoms with van der Waals surface area (Å²) in [5.74, 6) is 0.731. The van der Waals surface area contributed by atoms with Gasteiger partial charge in [0.1, 0.15) is 11.5 Å². The number of aromatic nitrogens is 1. The number of aryl methyl sites for hydroxylation is 1. The number of carbonyl (C=O) groups is 2. The van der Waals surface area contributed by atoms with Crippen molar-refractivity contribution in [1.29, 1.82) is 0 Å². The number of hydrogen-bond acceptors (Lipinski definition) is 6. The highest BCUT2D eigenvalue weighted by Gasteiger charge is 2.17. The van der Waals surface area contributed by atoms with Gasteiger partial charge in [0.05, 0.1) is 19.6 Å². The summed E-state index contributed by atoms with van der Waals surface area (Å²) < 4.78 is 23.2. The second-order valence-electron chi connectivity index (χ2n) is 6.87. The van der Waals surface area contributed by atoms with E-state index in [9.17, 15) is 9.59 Å². The zero-order valence-electron chi connectivity index (χ0n) is 18.2. The predicted octanol–water partition coefficient (Wildman–Crippen LogP) is 3.74. The Kier molecular flexibility index (Phi) is 9.41. The van der Waals surface area contributed by atoms with Crippen molar-refractivity contribution in [2.45, 2.75) is 40.2 Å². The van der Waals surface area contributed by atoms with E-state index in [1.165, 1.54) is 0 Å². The Morgan fingerprint density at radius 2 is 1.67 bits per heavy atom. The van der Waals surface area contributed by atoms with Crippen LogP contribution in [-0.4, -0.2) is 49.9 Å². The van der Waals surface area contributed by atoms with Crippen LogP contribution in [0.5, 0.6) is 11.5 Å². The van der Waals surface area contributed by atoms with Crippen LogP contribution in [0, 0.1) is 13.8 Å². The van der Waals surface area contributed by atoms with E-state index in [2.05, 4.69) is 4.57 Å². The molecule has 0 unspecified atom stereocenters. The Morgan fingerprint density at radius 1 is 1.00 bits per heavy atom. The van der Waals surface area contributed by atoms with E-state index in [0.717, 1.165) is 30.1 Å². The molecular formula is C23H31NO6. The van der Waals surface area contributed by atoms with E-state index < -0.39 is 5.97 Å². The molecule has 0 radical (unpaired) electrons. The highest BCUT2D eigenvalue weighted by Crippen LogP contribution is 2.18. The Hall–Kier alpha value is -2.80. The van der Waals surface area contributed by atoms with Crippen molar-refractivity contribution in [3.05, 3.63) is 47.3 Å². The predicted molar refractivity (Wildman–Crippen MR) is 113 cm³/mol. The maximum absolute atomic E-state index is 12.5. The van der Waals surface area contributed by atoms with Crippen LogP contribution in [0.3, 0.4) is 0 Å². The van der Waals surface area contributed by atoms with Gasteiger partial charge in [-0.25, -0.2) is 0 Å². The first kappa shape index (κ1) is 23.5. The van der Waals surface area contributed by atoms with Gasteiger partial charge in [0.2, 0.25) is 5.78 Å². The number of hydrogen-bond donors (Lipinski definition) is 0. The quantitative estimate of drug-likeness (QED) is 0.281. The summed E-state index contributed by atoms with van der Waals surface area (Å²) >= 11 is 0. The molecule has 0 fully saturated rings. The molecule has 7 heteroatoms. The fourth-order valence-electron chi connectivity index (χ4n) is 3.14. The largest absolute Gasteiger partial charge is 0.494 e. The zero-order valence-corrected chi connectivity index (χ0v) is 18.2. The number of carbonyl (C=O) groups excluding carboxylic acids is 2. The lowest BCUT2D eigenvalue weighted by Gasteiger charge is -2.10. The van der Waals surface area contributed by atoms with Gasteiger partial charge >= 0.3 is 5.97 Å². The minimum absolute atomic E-state index is 0.0660. The lowest BCUT2D eigenvalue weighted by Crippen LogP contribution is -2.16. The van der Waals surface area contributed by atoms with Gasteiger partial charge in [-0.05, 0) is 57.5 Å². The average molecular weight is 418 g/mol. The summed E-state index contributed by atoms with van der Waals surface area (Å²) in [6.07, 6.45) is 0.931. The molecule has 1 heterocycles. The SMILES string of the molecule is CCOc1ccc(OCCC(=O)OCC(=O)c2cc(C)n(CCCOC)c2C)cc1. The fourth-order valence-corrected chi connectivity index (χ4v) is 3.14. The minimum Gasteiger partial charge on any atom is -0.494 e. The monoisotopic (exact) mass is 417 g/mol. The molecule has 164 valence electrons. The Labute approximate surface area is 177 Å².